The zero-order valence-electron chi connectivity index (χ0n) is 18.0. The zero-order valence-corrected chi connectivity index (χ0v) is 19.6. The van der Waals surface area contributed by atoms with Crippen molar-refractivity contribution in [3.8, 4) is 0 Å². The summed E-state index contributed by atoms with van der Waals surface area (Å²) in [5, 5.41) is 5.67. The minimum atomic E-state index is 0.499. The standard InChI is InChI=1S/C25H27BrN6/c26-21-13-17-5-3-16(12-22(17)31-24(21)30-18-6-7-18)2-1-15-4-8-19(11-15)32-10-9-20-23(27)28-14-29-25(20)32/h3,5,9-10,12-15,18-19H,1-2,4,6-8,11H2,(H,30,31)(H2,27,28,29). The van der Waals surface area contributed by atoms with Crippen LogP contribution in [-0.2, 0) is 6.42 Å². The quantitative estimate of drug-likeness (QED) is 0.353. The van der Waals surface area contributed by atoms with Crippen LogP contribution in [0.15, 0.2) is 47.3 Å². The van der Waals surface area contributed by atoms with Crippen molar-refractivity contribution in [2.75, 3.05) is 11.1 Å². The third kappa shape index (κ3) is 3.83. The topological polar surface area (TPSA) is 81.6 Å². The Morgan fingerprint density at radius 3 is 2.88 bits per heavy atom. The number of hydrogen-bond acceptors (Lipinski definition) is 5. The molecule has 7 heteroatoms. The van der Waals surface area contributed by atoms with Crippen molar-refractivity contribution < 1.29 is 0 Å². The van der Waals surface area contributed by atoms with Gasteiger partial charge in [0.05, 0.1) is 15.4 Å². The number of benzene rings is 1. The van der Waals surface area contributed by atoms with E-state index in [2.05, 4.69) is 66.2 Å². The first kappa shape index (κ1) is 20.0. The highest BCUT2D eigenvalue weighted by Gasteiger charge is 2.27. The van der Waals surface area contributed by atoms with Gasteiger partial charge < -0.3 is 15.6 Å². The van der Waals surface area contributed by atoms with Crippen LogP contribution in [0.1, 0.15) is 50.1 Å². The summed E-state index contributed by atoms with van der Waals surface area (Å²) in [7, 11) is 0. The summed E-state index contributed by atoms with van der Waals surface area (Å²) < 4.78 is 3.35. The Morgan fingerprint density at radius 2 is 2.00 bits per heavy atom. The van der Waals surface area contributed by atoms with Crippen LogP contribution in [0.25, 0.3) is 21.9 Å². The highest BCUT2D eigenvalue weighted by atomic mass is 79.9. The van der Waals surface area contributed by atoms with Crippen LogP contribution in [0, 0.1) is 5.92 Å². The average Bonchev–Trinajstić information content (AvgIpc) is 3.30. The fraction of sp³-hybridized carbons (Fsp3) is 0.400. The van der Waals surface area contributed by atoms with Gasteiger partial charge in [-0.25, -0.2) is 15.0 Å². The van der Waals surface area contributed by atoms with Crippen molar-refractivity contribution in [1.29, 1.82) is 0 Å². The first-order valence-electron chi connectivity index (χ1n) is 11.6. The largest absolute Gasteiger partial charge is 0.383 e. The molecule has 0 aliphatic heterocycles. The number of nitrogen functional groups attached to an aromatic ring is 1. The average molecular weight is 491 g/mol. The number of halogens is 1. The fourth-order valence-electron chi connectivity index (χ4n) is 5.08. The second-order valence-electron chi connectivity index (χ2n) is 9.36. The van der Waals surface area contributed by atoms with Crippen LogP contribution in [-0.4, -0.2) is 25.6 Å². The Balaban J connectivity index is 1.13. The SMILES string of the molecule is Nc1ncnc2c1ccn2C1CCC(CCc2ccc3cc(Br)c(NC4CC4)nc3c2)C1. The summed E-state index contributed by atoms with van der Waals surface area (Å²) in [6.07, 6.45) is 12.1. The Kier molecular flexibility index (Phi) is 5.01. The van der Waals surface area contributed by atoms with E-state index in [1.54, 1.807) is 6.33 Å². The van der Waals surface area contributed by atoms with Crippen molar-refractivity contribution in [2.45, 2.75) is 57.0 Å². The Hall–Kier alpha value is -2.67. The molecule has 2 unspecified atom stereocenters. The van der Waals surface area contributed by atoms with Gasteiger partial charge in [-0.1, -0.05) is 12.1 Å². The molecule has 1 aromatic carbocycles. The third-order valence-corrected chi connectivity index (χ3v) is 7.65. The number of pyridine rings is 1. The molecule has 2 atom stereocenters. The van der Waals surface area contributed by atoms with Crippen molar-refractivity contribution in [3.05, 3.63) is 52.9 Å². The van der Waals surface area contributed by atoms with Gasteiger partial charge >= 0.3 is 0 Å². The monoisotopic (exact) mass is 490 g/mol. The van der Waals surface area contributed by atoms with Gasteiger partial charge in [0.1, 0.15) is 23.6 Å². The Bertz CT molecular complexity index is 1290. The molecule has 6 rings (SSSR count). The minimum Gasteiger partial charge on any atom is -0.383 e. The molecule has 6 nitrogen and oxygen atoms in total. The Labute approximate surface area is 195 Å². The van der Waals surface area contributed by atoms with Crippen LogP contribution >= 0.6 is 15.9 Å². The highest BCUT2D eigenvalue weighted by Crippen LogP contribution is 2.39. The molecule has 4 aromatic rings. The predicted molar refractivity (Wildman–Crippen MR) is 133 cm³/mol. The predicted octanol–water partition coefficient (Wildman–Crippen LogP) is 5.87. The van der Waals surface area contributed by atoms with Crippen LogP contribution in [0.4, 0.5) is 11.6 Å². The summed E-state index contributed by atoms with van der Waals surface area (Å²) in [5.74, 6) is 2.27. The lowest BCUT2D eigenvalue weighted by molar-refractivity contribution is 0.461. The number of fused-ring (bicyclic) bond motifs is 2. The smallest absolute Gasteiger partial charge is 0.145 e. The van der Waals surface area contributed by atoms with E-state index in [1.165, 1.54) is 49.5 Å². The maximum Gasteiger partial charge on any atom is 0.145 e. The lowest BCUT2D eigenvalue weighted by atomic mass is 9.97. The van der Waals surface area contributed by atoms with Crippen molar-refractivity contribution in [3.63, 3.8) is 0 Å². The number of aromatic nitrogens is 4. The molecule has 0 spiro atoms. The van der Waals surface area contributed by atoms with Crippen LogP contribution < -0.4 is 11.1 Å². The van der Waals surface area contributed by atoms with E-state index >= 15 is 0 Å². The molecule has 0 amide bonds. The number of rotatable bonds is 6. The normalized spacial score (nSPS) is 20.9. The molecule has 2 saturated carbocycles. The molecular weight excluding hydrogens is 464 g/mol. The van der Waals surface area contributed by atoms with Gasteiger partial charge in [-0.2, -0.15) is 0 Å². The molecule has 2 aliphatic rings. The number of nitrogens with zero attached hydrogens (tertiary/aromatic N) is 4. The summed E-state index contributed by atoms with van der Waals surface area (Å²) >= 11 is 3.67. The van der Waals surface area contributed by atoms with Gasteiger partial charge in [0.15, 0.2) is 0 Å². The van der Waals surface area contributed by atoms with Gasteiger partial charge in [0.2, 0.25) is 0 Å². The summed E-state index contributed by atoms with van der Waals surface area (Å²) in [5.41, 5.74) is 9.43. The molecule has 3 aromatic heterocycles. The van der Waals surface area contributed by atoms with Crippen LogP contribution in [0.3, 0.4) is 0 Å². The first-order chi connectivity index (χ1) is 15.6. The first-order valence-corrected chi connectivity index (χ1v) is 12.4. The van der Waals surface area contributed by atoms with E-state index in [0.29, 0.717) is 17.9 Å². The van der Waals surface area contributed by atoms with Crippen molar-refractivity contribution in [1.82, 2.24) is 19.5 Å². The maximum absolute atomic E-state index is 6.02. The van der Waals surface area contributed by atoms with Crippen molar-refractivity contribution in [2.24, 2.45) is 5.92 Å². The van der Waals surface area contributed by atoms with Gasteiger partial charge in [-0.15, -0.1) is 0 Å². The summed E-state index contributed by atoms with van der Waals surface area (Å²) in [6, 6.07) is 12.0. The molecule has 3 heterocycles. The van der Waals surface area contributed by atoms with E-state index in [-0.39, 0.29) is 0 Å². The zero-order chi connectivity index (χ0) is 21.7. The second-order valence-corrected chi connectivity index (χ2v) is 10.2. The fourth-order valence-corrected chi connectivity index (χ4v) is 5.53. The number of hydrogen-bond donors (Lipinski definition) is 2. The molecule has 32 heavy (non-hydrogen) atoms. The van der Waals surface area contributed by atoms with E-state index in [1.807, 2.05) is 6.07 Å². The Morgan fingerprint density at radius 1 is 1.09 bits per heavy atom. The molecular formula is C25H27BrN6. The second kappa shape index (κ2) is 8.03. The molecule has 0 radical (unpaired) electrons. The van der Waals surface area contributed by atoms with E-state index < -0.39 is 0 Å². The van der Waals surface area contributed by atoms with Gasteiger partial charge in [-0.3, -0.25) is 0 Å². The number of anilines is 2. The molecule has 0 bridgehead atoms. The lowest BCUT2D eigenvalue weighted by Crippen LogP contribution is -2.06. The van der Waals surface area contributed by atoms with E-state index in [4.69, 9.17) is 10.7 Å². The number of aryl methyl sites for hydroxylation is 1. The minimum absolute atomic E-state index is 0.499. The van der Waals surface area contributed by atoms with Crippen LogP contribution in [0.2, 0.25) is 0 Å². The maximum atomic E-state index is 6.02. The number of nitrogens with one attached hydrogen (secondary N) is 1. The molecule has 2 aliphatic carbocycles. The third-order valence-electron chi connectivity index (χ3n) is 7.04. The van der Waals surface area contributed by atoms with Crippen molar-refractivity contribution >= 4 is 49.5 Å². The molecule has 2 fully saturated rings. The number of nitrogens with two attached hydrogens (primary N) is 1. The molecule has 3 N–H and O–H groups in total. The lowest BCUT2D eigenvalue weighted by Gasteiger charge is -2.15. The molecule has 0 saturated heterocycles. The summed E-state index contributed by atoms with van der Waals surface area (Å²) in [6.45, 7) is 0. The summed E-state index contributed by atoms with van der Waals surface area (Å²) in [4.78, 5) is 13.5. The van der Waals surface area contributed by atoms with Gasteiger partial charge in [-0.05, 0) is 90.6 Å². The molecule has 164 valence electrons. The highest BCUT2D eigenvalue weighted by molar-refractivity contribution is 9.10. The van der Waals surface area contributed by atoms with Gasteiger partial charge in [0.25, 0.3) is 0 Å². The van der Waals surface area contributed by atoms with E-state index in [9.17, 15) is 0 Å². The van der Waals surface area contributed by atoms with Gasteiger partial charge in [0, 0.05) is 23.7 Å². The van der Waals surface area contributed by atoms with E-state index in [0.717, 1.165) is 39.2 Å². The van der Waals surface area contributed by atoms with Crippen LogP contribution in [0.5, 0.6) is 0 Å².